The number of benzene rings is 1. The van der Waals surface area contributed by atoms with Gasteiger partial charge in [0.25, 0.3) is 4.84 Å². The molecular formula is C9H8BrNOS. The average molecular weight is 258 g/mol. The fourth-order valence-electron chi connectivity index (χ4n) is 1.30. The number of aromatic amines is 1. The van der Waals surface area contributed by atoms with Crippen molar-refractivity contribution in [2.24, 2.45) is 0 Å². The molecule has 0 bridgehead atoms. The third-order valence-electron chi connectivity index (χ3n) is 2.21. The SMILES string of the molecule is Cc1c(Br)cc2[nH]c(=S)oc2c1C. The number of aryl methyl sites for hydroxylation is 1. The molecule has 1 N–H and O–H groups in total. The standard InChI is InChI=1S/C9H8BrNOS/c1-4-5(2)8-7(3-6(4)10)11-9(13)12-8/h3H,1-2H3,(H,11,13). The molecule has 0 fully saturated rings. The van der Waals surface area contributed by atoms with Crippen LogP contribution in [0, 0.1) is 18.7 Å². The number of fused-ring (bicyclic) bond motifs is 1. The van der Waals surface area contributed by atoms with Gasteiger partial charge in [-0.3, -0.25) is 0 Å². The number of rotatable bonds is 0. The Bertz CT molecular complexity index is 526. The van der Waals surface area contributed by atoms with E-state index in [-0.39, 0.29) is 0 Å². The predicted octanol–water partition coefficient (Wildman–Crippen LogP) is 3.87. The molecule has 2 rings (SSSR count). The Labute approximate surface area is 89.1 Å². The Morgan fingerprint density at radius 2 is 2.08 bits per heavy atom. The van der Waals surface area contributed by atoms with E-state index in [1.165, 1.54) is 5.56 Å². The molecule has 13 heavy (non-hydrogen) atoms. The van der Waals surface area contributed by atoms with Crippen LogP contribution in [0.25, 0.3) is 11.1 Å². The van der Waals surface area contributed by atoms with Gasteiger partial charge in [-0.25, -0.2) is 0 Å². The number of hydrogen-bond donors (Lipinski definition) is 1. The number of oxazole rings is 1. The van der Waals surface area contributed by atoms with Crippen LogP contribution in [0.2, 0.25) is 0 Å². The molecule has 0 aliphatic carbocycles. The Morgan fingerprint density at radius 3 is 2.77 bits per heavy atom. The molecule has 1 aromatic heterocycles. The maximum absolute atomic E-state index is 5.37. The largest absolute Gasteiger partial charge is 0.429 e. The summed E-state index contributed by atoms with van der Waals surface area (Å²) in [5, 5.41) is 0. The lowest BCUT2D eigenvalue weighted by molar-refractivity contribution is 0.581. The summed E-state index contributed by atoms with van der Waals surface area (Å²) < 4.78 is 6.45. The van der Waals surface area contributed by atoms with Crippen molar-refractivity contribution in [1.82, 2.24) is 4.98 Å². The first-order valence-electron chi connectivity index (χ1n) is 3.88. The van der Waals surface area contributed by atoms with Crippen molar-refractivity contribution in [3.05, 3.63) is 26.5 Å². The highest BCUT2D eigenvalue weighted by Gasteiger charge is 2.08. The average Bonchev–Trinajstić information content (AvgIpc) is 2.42. The summed E-state index contributed by atoms with van der Waals surface area (Å²) >= 11 is 8.40. The maximum atomic E-state index is 5.37. The molecule has 4 heteroatoms. The van der Waals surface area contributed by atoms with Gasteiger partial charge in [-0.05, 0) is 43.3 Å². The molecule has 1 heterocycles. The van der Waals surface area contributed by atoms with E-state index in [0.29, 0.717) is 4.84 Å². The molecule has 68 valence electrons. The molecule has 0 spiro atoms. The van der Waals surface area contributed by atoms with Crippen LogP contribution in [0.5, 0.6) is 0 Å². The van der Waals surface area contributed by atoms with Crippen LogP contribution in [0.15, 0.2) is 15.0 Å². The van der Waals surface area contributed by atoms with Crippen LogP contribution >= 0.6 is 28.1 Å². The van der Waals surface area contributed by atoms with Crippen molar-refractivity contribution < 1.29 is 4.42 Å². The zero-order valence-electron chi connectivity index (χ0n) is 7.27. The Morgan fingerprint density at radius 1 is 1.38 bits per heavy atom. The molecule has 2 aromatic rings. The highest BCUT2D eigenvalue weighted by molar-refractivity contribution is 9.10. The Balaban J connectivity index is 3.00. The van der Waals surface area contributed by atoms with Gasteiger partial charge in [-0.15, -0.1) is 0 Å². The summed E-state index contributed by atoms with van der Waals surface area (Å²) in [6.07, 6.45) is 0. The minimum Gasteiger partial charge on any atom is -0.429 e. The summed E-state index contributed by atoms with van der Waals surface area (Å²) in [5.41, 5.74) is 4.10. The smallest absolute Gasteiger partial charge is 0.266 e. The van der Waals surface area contributed by atoms with Crippen molar-refractivity contribution in [2.75, 3.05) is 0 Å². The summed E-state index contributed by atoms with van der Waals surface area (Å²) in [5.74, 6) is 0. The number of nitrogens with one attached hydrogen (secondary N) is 1. The van der Waals surface area contributed by atoms with Crippen LogP contribution in [0.4, 0.5) is 0 Å². The number of aromatic nitrogens is 1. The van der Waals surface area contributed by atoms with Gasteiger partial charge in [0, 0.05) is 4.47 Å². The topological polar surface area (TPSA) is 28.9 Å². The maximum Gasteiger partial charge on any atom is 0.266 e. The molecule has 0 amide bonds. The lowest BCUT2D eigenvalue weighted by Gasteiger charge is -2.01. The fourth-order valence-corrected chi connectivity index (χ4v) is 2.02. The quantitative estimate of drug-likeness (QED) is 0.726. The van der Waals surface area contributed by atoms with Crippen molar-refractivity contribution in [3.8, 4) is 0 Å². The highest BCUT2D eigenvalue weighted by atomic mass is 79.9. The molecule has 0 aliphatic rings. The number of halogens is 1. The van der Waals surface area contributed by atoms with Gasteiger partial charge in [0.2, 0.25) is 0 Å². The molecule has 0 saturated heterocycles. The summed E-state index contributed by atoms with van der Waals surface area (Å²) in [4.78, 5) is 3.41. The van der Waals surface area contributed by atoms with E-state index in [9.17, 15) is 0 Å². The van der Waals surface area contributed by atoms with Gasteiger partial charge in [0.1, 0.15) is 0 Å². The second kappa shape index (κ2) is 2.96. The first-order valence-corrected chi connectivity index (χ1v) is 5.08. The monoisotopic (exact) mass is 257 g/mol. The van der Waals surface area contributed by atoms with Gasteiger partial charge in [0.15, 0.2) is 5.58 Å². The van der Waals surface area contributed by atoms with E-state index in [1.807, 2.05) is 19.9 Å². The van der Waals surface area contributed by atoms with E-state index in [0.717, 1.165) is 21.1 Å². The molecule has 0 atom stereocenters. The van der Waals surface area contributed by atoms with Gasteiger partial charge < -0.3 is 9.40 Å². The summed E-state index contributed by atoms with van der Waals surface area (Å²) in [6, 6.07) is 1.98. The van der Waals surface area contributed by atoms with Crippen molar-refractivity contribution >= 4 is 39.2 Å². The first kappa shape index (κ1) is 8.97. The van der Waals surface area contributed by atoms with E-state index in [2.05, 4.69) is 20.9 Å². The molecule has 2 nitrogen and oxygen atoms in total. The highest BCUT2D eigenvalue weighted by Crippen LogP contribution is 2.27. The van der Waals surface area contributed by atoms with Crippen LogP contribution < -0.4 is 0 Å². The second-order valence-electron chi connectivity index (χ2n) is 3.00. The summed E-state index contributed by atoms with van der Waals surface area (Å²) in [6.45, 7) is 4.07. The lowest BCUT2D eigenvalue weighted by atomic mass is 10.1. The van der Waals surface area contributed by atoms with Crippen molar-refractivity contribution in [3.63, 3.8) is 0 Å². The van der Waals surface area contributed by atoms with Crippen molar-refractivity contribution in [1.29, 1.82) is 0 Å². The van der Waals surface area contributed by atoms with Gasteiger partial charge >= 0.3 is 0 Å². The first-order chi connectivity index (χ1) is 6.09. The molecule has 0 unspecified atom stereocenters. The zero-order valence-corrected chi connectivity index (χ0v) is 9.67. The molecular weight excluding hydrogens is 250 g/mol. The van der Waals surface area contributed by atoms with Gasteiger partial charge in [-0.1, -0.05) is 15.9 Å². The Hall–Kier alpha value is -0.610. The normalized spacial score (nSPS) is 11.0. The third kappa shape index (κ3) is 1.34. The van der Waals surface area contributed by atoms with E-state index in [4.69, 9.17) is 16.6 Å². The van der Waals surface area contributed by atoms with E-state index < -0.39 is 0 Å². The van der Waals surface area contributed by atoms with Crippen LogP contribution in [0.1, 0.15) is 11.1 Å². The number of hydrogen-bond acceptors (Lipinski definition) is 2. The molecule has 0 saturated carbocycles. The minimum atomic E-state index is 0.426. The number of H-pyrrole nitrogens is 1. The molecule has 1 aromatic carbocycles. The summed E-state index contributed by atoms with van der Waals surface area (Å²) in [7, 11) is 0. The van der Waals surface area contributed by atoms with Crippen LogP contribution in [-0.4, -0.2) is 4.98 Å². The molecule has 0 radical (unpaired) electrons. The zero-order chi connectivity index (χ0) is 9.59. The van der Waals surface area contributed by atoms with Crippen molar-refractivity contribution in [2.45, 2.75) is 13.8 Å². The van der Waals surface area contributed by atoms with E-state index in [1.54, 1.807) is 0 Å². The third-order valence-corrected chi connectivity index (χ3v) is 3.22. The minimum absolute atomic E-state index is 0.426. The Kier molecular flexibility index (Phi) is 2.04. The lowest BCUT2D eigenvalue weighted by Crippen LogP contribution is -1.83. The van der Waals surface area contributed by atoms with Gasteiger partial charge in [-0.2, -0.15) is 0 Å². The fraction of sp³-hybridized carbons (Fsp3) is 0.222. The van der Waals surface area contributed by atoms with Crippen LogP contribution in [-0.2, 0) is 0 Å². The molecule has 0 aliphatic heterocycles. The van der Waals surface area contributed by atoms with Crippen LogP contribution in [0.3, 0.4) is 0 Å². The second-order valence-corrected chi connectivity index (χ2v) is 4.22. The van der Waals surface area contributed by atoms with Gasteiger partial charge in [0.05, 0.1) is 5.52 Å². The van der Waals surface area contributed by atoms with E-state index >= 15 is 0 Å². The predicted molar refractivity (Wildman–Crippen MR) is 58.6 cm³/mol.